The minimum atomic E-state index is 0.642. The van der Waals surface area contributed by atoms with Crippen LogP contribution < -0.4 is 0 Å². The molecule has 0 radical (unpaired) electrons. The zero-order chi connectivity index (χ0) is 24.5. The molecule has 0 fully saturated rings. The molecule has 0 aliphatic heterocycles. The molecule has 0 unspecified atom stereocenters. The Labute approximate surface area is 219 Å². The molecular formula is C31H18BrN5. The minimum Gasteiger partial charge on any atom is -0.300 e. The van der Waals surface area contributed by atoms with Crippen molar-refractivity contribution in [3.8, 4) is 17.2 Å². The molecule has 0 saturated carbocycles. The molecule has 174 valence electrons. The number of fused-ring (bicyclic) bond motifs is 8. The fourth-order valence-corrected chi connectivity index (χ4v) is 5.76. The van der Waals surface area contributed by atoms with Crippen LogP contribution in [0.2, 0.25) is 0 Å². The number of para-hydroxylation sites is 1. The number of benzene rings is 4. The molecule has 8 aromatic rings. The van der Waals surface area contributed by atoms with E-state index >= 15 is 0 Å². The van der Waals surface area contributed by atoms with Gasteiger partial charge in [0.1, 0.15) is 5.65 Å². The van der Waals surface area contributed by atoms with Crippen LogP contribution in [0.25, 0.3) is 66.6 Å². The van der Waals surface area contributed by atoms with Crippen molar-refractivity contribution in [2.75, 3.05) is 0 Å². The normalized spacial score (nSPS) is 11.9. The van der Waals surface area contributed by atoms with Gasteiger partial charge in [0.25, 0.3) is 0 Å². The fraction of sp³-hybridized carbons (Fsp3) is 0. The van der Waals surface area contributed by atoms with Gasteiger partial charge < -0.3 is 0 Å². The smallest absolute Gasteiger partial charge is 0.235 e. The molecule has 5 nitrogen and oxygen atoms in total. The van der Waals surface area contributed by atoms with E-state index in [0.29, 0.717) is 5.95 Å². The third-order valence-corrected chi connectivity index (χ3v) is 7.50. The van der Waals surface area contributed by atoms with Crippen molar-refractivity contribution in [3.63, 3.8) is 0 Å². The van der Waals surface area contributed by atoms with Gasteiger partial charge in [-0.05, 0) is 48.5 Å². The first kappa shape index (κ1) is 20.6. The number of halogens is 1. The van der Waals surface area contributed by atoms with Crippen LogP contribution in [0.15, 0.2) is 114 Å². The molecule has 8 rings (SSSR count). The average Bonchev–Trinajstić information content (AvgIpc) is 3.48. The van der Waals surface area contributed by atoms with E-state index in [1.54, 1.807) is 0 Å². The first-order chi connectivity index (χ1) is 18.3. The van der Waals surface area contributed by atoms with Gasteiger partial charge in [-0.25, -0.2) is 15.0 Å². The highest BCUT2D eigenvalue weighted by Gasteiger charge is 2.20. The van der Waals surface area contributed by atoms with Crippen LogP contribution in [-0.2, 0) is 0 Å². The van der Waals surface area contributed by atoms with Crippen molar-refractivity contribution in [1.29, 1.82) is 0 Å². The summed E-state index contributed by atoms with van der Waals surface area (Å²) in [5.41, 5.74) is 7.92. The molecule has 4 aromatic heterocycles. The highest BCUT2D eigenvalue weighted by atomic mass is 79.9. The lowest BCUT2D eigenvalue weighted by Gasteiger charge is -2.11. The van der Waals surface area contributed by atoms with E-state index in [0.717, 1.165) is 65.1 Å². The van der Waals surface area contributed by atoms with Crippen molar-refractivity contribution in [1.82, 2.24) is 23.9 Å². The molecule has 0 aliphatic carbocycles. The average molecular weight is 540 g/mol. The number of pyridine rings is 1. The van der Waals surface area contributed by atoms with Gasteiger partial charge in [-0.3, -0.25) is 8.97 Å². The van der Waals surface area contributed by atoms with Crippen molar-refractivity contribution < 1.29 is 0 Å². The third-order valence-electron chi connectivity index (χ3n) is 7.01. The van der Waals surface area contributed by atoms with Crippen LogP contribution in [0.4, 0.5) is 0 Å². The molecule has 4 heterocycles. The minimum absolute atomic E-state index is 0.642. The molecule has 0 amide bonds. The summed E-state index contributed by atoms with van der Waals surface area (Å²) in [6.45, 7) is 0. The molecule has 4 aromatic carbocycles. The summed E-state index contributed by atoms with van der Waals surface area (Å²) in [4.78, 5) is 15.3. The quantitative estimate of drug-likeness (QED) is 0.224. The summed E-state index contributed by atoms with van der Waals surface area (Å²) in [5.74, 6) is 0.642. The summed E-state index contributed by atoms with van der Waals surface area (Å²) in [6.07, 6.45) is 2.06. The standard InChI is InChI=1S/C31H18BrN5/c32-20-13-14-24-22(18-20)28-25(15-16-26-30(28)34-27-12-6-7-17-36(26)27)37(24)31-33-23-11-5-4-10-21(23)29(35-31)19-8-2-1-3-9-19/h1-18H. The van der Waals surface area contributed by atoms with E-state index in [-0.39, 0.29) is 0 Å². The summed E-state index contributed by atoms with van der Waals surface area (Å²) in [6, 6.07) is 35.3. The van der Waals surface area contributed by atoms with Crippen LogP contribution in [0, 0.1) is 0 Å². The second kappa shape index (κ2) is 7.72. The zero-order valence-corrected chi connectivity index (χ0v) is 21.1. The van der Waals surface area contributed by atoms with E-state index in [1.807, 2.05) is 48.5 Å². The van der Waals surface area contributed by atoms with E-state index in [9.17, 15) is 0 Å². The highest BCUT2D eigenvalue weighted by Crippen LogP contribution is 2.38. The van der Waals surface area contributed by atoms with Crippen LogP contribution >= 0.6 is 15.9 Å². The molecular weight excluding hydrogens is 522 g/mol. The first-order valence-corrected chi connectivity index (χ1v) is 12.9. The second-order valence-corrected chi connectivity index (χ2v) is 10.0. The van der Waals surface area contributed by atoms with E-state index in [4.69, 9.17) is 15.0 Å². The molecule has 0 bridgehead atoms. The maximum atomic E-state index is 5.17. The van der Waals surface area contributed by atoms with Crippen molar-refractivity contribution in [2.24, 2.45) is 0 Å². The lowest BCUT2D eigenvalue weighted by Crippen LogP contribution is -2.03. The van der Waals surface area contributed by atoms with Gasteiger partial charge >= 0.3 is 0 Å². The summed E-state index contributed by atoms with van der Waals surface area (Å²) >= 11 is 3.69. The van der Waals surface area contributed by atoms with E-state index in [1.165, 1.54) is 0 Å². The van der Waals surface area contributed by atoms with Gasteiger partial charge in [0.15, 0.2) is 0 Å². The number of rotatable bonds is 2. The number of nitrogens with zero attached hydrogens (tertiary/aromatic N) is 5. The molecule has 0 saturated heterocycles. The molecule has 0 aliphatic rings. The van der Waals surface area contributed by atoms with E-state index < -0.39 is 0 Å². The van der Waals surface area contributed by atoms with Gasteiger partial charge in [0.2, 0.25) is 5.95 Å². The Morgan fingerprint density at radius 3 is 2.32 bits per heavy atom. The molecule has 0 atom stereocenters. The largest absolute Gasteiger partial charge is 0.300 e. The predicted molar refractivity (Wildman–Crippen MR) is 153 cm³/mol. The topological polar surface area (TPSA) is 48.0 Å². The number of hydrogen-bond donors (Lipinski definition) is 0. The summed E-state index contributed by atoms with van der Waals surface area (Å²) < 4.78 is 5.32. The maximum Gasteiger partial charge on any atom is 0.235 e. The van der Waals surface area contributed by atoms with Gasteiger partial charge in [0, 0.05) is 32.4 Å². The Morgan fingerprint density at radius 2 is 1.41 bits per heavy atom. The first-order valence-electron chi connectivity index (χ1n) is 12.1. The zero-order valence-electron chi connectivity index (χ0n) is 19.5. The monoisotopic (exact) mass is 539 g/mol. The SMILES string of the molecule is Brc1ccc2c(c1)c1c3nc4ccccn4c3ccc1n2-c1nc(-c2ccccc2)c2ccccc2n1. The molecule has 0 spiro atoms. The molecule has 37 heavy (non-hydrogen) atoms. The van der Waals surface area contributed by atoms with Crippen LogP contribution in [-0.4, -0.2) is 23.9 Å². The lowest BCUT2D eigenvalue weighted by molar-refractivity contribution is 1.01. The number of imidazole rings is 1. The third kappa shape index (κ3) is 2.99. The van der Waals surface area contributed by atoms with Crippen molar-refractivity contribution >= 4 is 65.3 Å². The second-order valence-electron chi connectivity index (χ2n) is 9.12. The van der Waals surface area contributed by atoms with Gasteiger partial charge in [-0.15, -0.1) is 0 Å². The number of hydrogen-bond acceptors (Lipinski definition) is 3. The maximum absolute atomic E-state index is 5.17. The Hall–Kier alpha value is -4.55. The summed E-state index contributed by atoms with van der Waals surface area (Å²) in [5, 5.41) is 3.23. The van der Waals surface area contributed by atoms with Crippen LogP contribution in [0.5, 0.6) is 0 Å². The Bertz CT molecular complexity index is 2160. The van der Waals surface area contributed by atoms with Gasteiger partial charge in [-0.2, -0.15) is 0 Å². The molecule has 6 heteroatoms. The molecule has 0 N–H and O–H groups in total. The Morgan fingerprint density at radius 1 is 0.622 bits per heavy atom. The predicted octanol–water partition coefficient (Wildman–Crippen LogP) is 7.96. The fourth-order valence-electron chi connectivity index (χ4n) is 5.40. The highest BCUT2D eigenvalue weighted by molar-refractivity contribution is 9.10. The van der Waals surface area contributed by atoms with Crippen LogP contribution in [0.3, 0.4) is 0 Å². The van der Waals surface area contributed by atoms with Gasteiger partial charge in [0.05, 0.1) is 33.3 Å². The van der Waals surface area contributed by atoms with Crippen LogP contribution in [0.1, 0.15) is 0 Å². The lowest BCUT2D eigenvalue weighted by atomic mass is 10.1. The number of aromatic nitrogens is 5. The van der Waals surface area contributed by atoms with Gasteiger partial charge in [-0.1, -0.05) is 70.5 Å². The van der Waals surface area contributed by atoms with E-state index in [2.05, 4.69) is 85.7 Å². The Balaban J connectivity index is 1.54. The Kier molecular flexibility index (Phi) is 4.30. The summed E-state index contributed by atoms with van der Waals surface area (Å²) in [7, 11) is 0. The van der Waals surface area contributed by atoms with Crippen molar-refractivity contribution in [2.45, 2.75) is 0 Å². The van der Waals surface area contributed by atoms with Crippen molar-refractivity contribution in [3.05, 3.63) is 114 Å².